The number of hydrogen-bond acceptors (Lipinski definition) is 3. The van der Waals surface area contributed by atoms with Crippen molar-refractivity contribution in [2.75, 3.05) is 6.54 Å². The molecule has 3 aliphatic rings. The second-order valence-corrected chi connectivity index (χ2v) is 6.97. The van der Waals surface area contributed by atoms with Crippen LogP contribution in [0.4, 0.5) is 0 Å². The molecular formula is C17H27N3O2. The fraction of sp³-hybridized carbons (Fsp3) is 0.765. The predicted octanol–water partition coefficient (Wildman–Crippen LogP) is 1.68. The third-order valence-electron chi connectivity index (χ3n) is 5.17. The van der Waals surface area contributed by atoms with Gasteiger partial charge in [-0.25, -0.2) is 0 Å². The molecule has 1 saturated carbocycles. The van der Waals surface area contributed by atoms with Crippen LogP contribution in [0.1, 0.15) is 57.8 Å². The Bertz CT molecular complexity index is 477. The standard InChI is InChI=1S/C17H27N3O2/c18-17-12-13(17)8-5-3-1-2-4-6-10-15(21)20-11-7-9-14(20)16(22)19-17/h5,8,13-14H,1-4,6-7,9-12,18H2,(H,19,22)/b8-5-/t13-,14+,17-/m1/s1. The maximum atomic E-state index is 12.5. The third-order valence-corrected chi connectivity index (χ3v) is 5.17. The van der Waals surface area contributed by atoms with Crippen molar-refractivity contribution < 1.29 is 9.59 Å². The van der Waals surface area contributed by atoms with Gasteiger partial charge in [0, 0.05) is 18.9 Å². The minimum absolute atomic E-state index is 0.0703. The minimum atomic E-state index is -0.592. The van der Waals surface area contributed by atoms with Crippen LogP contribution in [0.3, 0.4) is 0 Å². The van der Waals surface area contributed by atoms with Gasteiger partial charge in [0.05, 0.1) is 5.66 Å². The van der Waals surface area contributed by atoms with Crippen molar-refractivity contribution in [1.82, 2.24) is 10.2 Å². The van der Waals surface area contributed by atoms with Crippen molar-refractivity contribution in [3.63, 3.8) is 0 Å². The second kappa shape index (κ2) is 6.41. The van der Waals surface area contributed by atoms with Crippen molar-refractivity contribution in [2.24, 2.45) is 11.7 Å². The average molecular weight is 305 g/mol. The van der Waals surface area contributed by atoms with Crippen LogP contribution in [-0.4, -0.2) is 35.0 Å². The van der Waals surface area contributed by atoms with Crippen LogP contribution in [0.15, 0.2) is 12.2 Å². The van der Waals surface area contributed by atoms with E-state index in [1.54, 1.807) is 4.90 Å². The normalized spacial score (nSPS) is 38.3. The maximum Gasteiger partial charge on any atom is 0.244 e. The number of rotatable bonds is 0. The lowest BCUT2D eigenvalue weighted by Crippen LogP contribution is -2.53. The van der Waals surface area contributed by atoms with Crippen LogP contribution in [0.2, 0.25) is 0 Å². The molecular weight excluding hydrogens is 278 g/mol. The molecule has 5 nitrogen and oxygen atoms in total. The van der Waals surface area contributed by atoms with Gasteiger partial charge < -0.3 is 16.0 Å². The summed E-state index contributed by atoms with van der Waals surface area (Å²) in [5.74, 6) is 0.301. The minimum Gasteiger partial charge on any atom is -0.336 e. The van der Waals surface area contributed by atoms with E-state index in [4.69, 9.17) is 5.73 Å². The zero-order valence-corrected chi connectivity index (χ0v) is 13.2. The lowest BCUT2D eigenvalue weighted by Gasteiger charge is -2.26. The van der Waals surface area contributed by atoms with Gasteiger partial charge in [-0.2, -0.15) is 0 Å². The van der Waals surface area contributed by atoms with E-state index in [1.807, 2.05) is 0 Å². The highest BCUT2D eigenvalue weighted by molar-refractivity contribution is 5.88. The van der Waals surface area contributed by atoms with Gasteiger partial charge in [-0.05, 0) is 38.5 Å². The molecule has 0 aromatic heterocycles. The Morgan fingerprint density at radius 3 is 2.86 bits per heavy atom. The number of nitrogens with one attached hydrogen (secondary N) is 1. The zero-order valence-electron chi connectivity index (χ0n) is 13.2. The number of nitrogens with two attached hydrogens (primary N) is 1. The van der Waals surface area contributed by atoms with E-state index in [1.165, 1.54) is 0 Å². The van der Waals surface area contributed by atoms with Crippen LogP contribution in [0.25, 0.3) is 0 Å². The Hall–Kier alpha value is -1.36. The molecule has 2 heterocycles. The Balaban J connectivity index is 1.70. The van der Waals surface area contributed by atoms with Gasteiger partial charge in [-0.1, -0.05) is 25.0 Å². The molecule has 3 atom stereocenters. The van der Waals surface area contributed by atoms with Crippen molar-refractivity contribution in [1.29, 1.82) is 0 Å². The highest BCUT2D eigenvalue weighted by Gasteiger charge is 2.51. The average Bonchev–Trinajstić information content (AvgIpc) is 2.90. The highest BCUT2D eigenvalue weighted by Crippen LogP contribution is 2.40. The summed E-state index contributed by atoms with van der Waals surface area (Å²) in [4.78, 5) is 26.6. The lowest BCUT2D eigenvalue weighted by atomic mass is 10.1. The number of carbonyl (C=O) groups is 2. The fourth-order valence-corrected chi connectivity index (χ4v) is 3.63. The predicted molar refractivity (Wildman–Crippen MR) is 84.7 cm³/mol. The van der Waals surface area contributed by atoms with Gasteiger partial charge in [0.2, 0.25) is 11.8 Å². The van der Waals surface area contributed by atoms with E-state index in [0.29, 0.717) is 13.0 Å². The summed E-state index contributed by atoms with van der Waals surface area (Å²) in [5, 5.41) is 2.99. The van der Waals surface area contributed by atoms with Crippen LogP contribution in [0.5, 0.6) is 0 Å². The largest absolute Gasteiger partial charge is 0.336 e. The first kappa shape index (κ1) is 15.5. The topological polar surface area (TPSA) is 75.4 Å². The summed E-state index contributed by atoms with van der Waals surface area (Å²) >= 11 is 0. The summed E-state index contributed by atoms with van der Waals surface area (Å²) in [6, 6.07) is -0.316. The van der Waals surface area contributed by atoms with E-state index in [0.717, 1.165) is 51.4 Å². The van der Waals surface area contributed by atoms with E-state index < -0.39 is 5.66 Å². The van der Waals surface area contributed by atoms with Crippen LogP contribution in [0, 0.1) is 5.92 Å². The molecule has 1 aliphatic carbocycles. The monoisotopic (exact) mass is 305 g/mol. The molecule has 0 spiro atoms. The van der Waals surface area contributed by atoms with E-state index >= 15 is 0 Å². The quantitative estimate of drug-likeness (QED) is 0.669. The Morgan fingerprint density at radius 1 is 1.18 bits per heavy atom. The SMILES string of the molecule is N[C@@]12C[C@H]1/C=C\CCCCCCC(=O)N1CCC[C@H]1C(=O)N2. The number of carbonyl (C=O) groups excluding carboxylic acids is 2. The summed E-state index contributed by atoms with van der Waals surface area (Å²) in [6.45, 7) is 0.706. The molecule has 0 bridgehead atoms. The van der Waals surface area contributed by atoms with E-state index in [9.17, 15) is 9.59 Å². The van der Waals surface area contributed by atoms with E-state index in [-0.39, 0.29) is 23.8 Å². The smallest absolute Gasteiger partial charge is 0.244 e. The van der Waals surface area contributed by atoms with Gasteiger partial charge in [0.1, 0.15) is 6.04 Å². The molecule has 0 aromatic carbocycles. The summed E-state index contributed by atoms with van der Waals surface area (Å²) in [5.41, 5.74) is 5.66. The number of amides is 2. The Labute approximate surface area is 132 Å². The van der Waals surface area contributed by atoms with Gasteiger partial charge in [0.15, 0.2) is 0 Å². The van der Waals surface area contributed by atoms with Crippen molar-refractivity contribution in [3.8, 4) is 0 Å². The highest BCUT2D eigenvalue weighted by atomic mass is 16.2. The number of allylic oxidation sites excluding steroid dienone is 1. The number of hydrogen-bond donors (Lipinski definition) is 2. The first-order valence-electron chi connectivity index (χ1n) is 8.67. The third kappa shape index (κ3) is 3.35. The van der Waals surface area contributed by atoms with Gasteiger partial charge >= 0.3 is 0 Å². The summed E-state index contributed by atoms with van der Waals surface area (Å²) in [6.07, 6.45) is 12.8. The van der Waals surface area contributed by atoms with Crippen molar-refractivity contribution in [3.05, 3.63) is 12.2 Å². The molecule has 0 aromatic rings. The van der Waals surface area contributed by atoms with Crippen LogP contribution in [-0.2, 0) is 9.59 Å². The molecule has 2 amide bonds. The van der Waals surface area contributed by atoms with Gasteiger partial charge in [0.25, 0.3) is 0 Å². The molecule has 5 heteroatoms. The molecule has 3 rings (SSSR count). The second-order valence-electron chi connectivity index (χ2n) is 6.97. The van der Waals surface area contributed by atoms with Gasteiger partial charge in [-0.3, -0.25) is 9.59 Å². The maximum absolute atomic E-state index is 12.5. The zero-order chi connectivity index (χ0) is 15.6. The molecule has 0 unspecified atom stereocenters. The molecule has 3 N–H and O–H groups in total. The summed E-state index contributed by atoms with van der Waals surface area (Å²) < 4.78 is 0. The number of fused-ring (bicyclic) bond motifs is 2. The fourth-order valence-electron chi connectivity index (χ4n) is 3.63. The van der Waals surface area contributed by atoms with Crippen molar-refractivity contribution >= 4 is 11.8 Å². The Morgan fingerprint density at radius 2 is 2.00 bits per heavy atom. The molecule has 2 fully saturated rings. The summed E-state index contributed by atoms with van der Waals surface area (Å²) in [7, 11) is 0. The number of nitrogens with zero attached hydrogens (tertiary/aromatic N) is 1. The molecule has 2 aliphatic heterocycles. The first-order valence-corrected chi connectivity index (χ1v) is 8.67. The van der Waals surface area contributed by atoms with Crippen LogP contribution >= 0.6 is 0 Å². The van der Waals surface area contributed by atoms with Crippen molar-refractivity contribution in [2.45, 2.75) is 69.5 Å². The van der Waals surface area contributed by atoms with Crippen LogP contribution < -0.4 is 11.1 Å². The molecule has 122 valence electrons. The van der Waals surface area contributed by atoms with Gasteiger partial charge in [-0.15, -0.1) is 0 Å². The molecule has 1 saturated heterocycles. The van der Waals surface area contributed by atoms with E-state index in [2.05, 4.69) is 17.5 Å². The molecule has 22 heavy (non-hydrogen) atoms. The first-order chi connectivity index (χ1) is 10.6. The molecule has 0 radical (unpaired) electrons. The lowest BCUT2D eigenvalue weighted by molar-refractivity contribution is -0.139. The Kier molecular flexibility index (Phi) is 4.52.